The van der Waals surface area contributed by atoms with Crippen LogP contribution in [0.25, 0.3) is 0 Å². The summed E-state index contributed by atoms with van der Waals surface area (Å²) in [6.45, 7) is 0. The molecule has 0 aliphatic rings. The first-order valence-electron chi connectivity index (χ1n) is 5.68. The van der Waals surface area contributed by atoms with Crippen molar-refractivity contribution in [2.75, 3.05) is 12.5 Å². The van der Waals surface area contributed by atoms with Gasteiger partial charge in [-0.25, -0.2) is 0 Å². The van der Waals surface area contributed by atoms with E-state index in [0.29, 0.717) is 10.0 Å². The van der Waals surface area contributed by atoms with Crippen LogP contribution in [0.3, 0.4) is 0 Å². The topological polar surface area (TPSA) is 33.6 Å². The second-order valence-electron chi connectivity index (χ2n) is 3.89. The number of rotatable bonds is 4. The van der Waals surface area contributed by atoms with E-state index >= 15 is 0 Å². The summed E-state index contributed by atoms with van der Waals surface area (Å²) in [4.78, 5) is 0. The van der Waals surface area contributed by atoms with Crippen LogP contribution in [0.1, 0.15) is 5.56 Å². The van der Waals surface area contributed by atoms with Crippen LogP contribution >= 0.6 is 39.1 Å². The molecule has 3 nitrogen and oxygen atoms in total. The number of nitrogens with one attached hydrogen (secondary N) is 1. The van der Waals surface area contributed by atoms with Crippen LogP contribution in [-0.2, 0) is 0 Å². The molecule has 0 saturated carbocycles. The summed E-state index contributed by atoms with van der Waals surface area (Å²) in [5.41, 5.74) is 4.50. The zero-order valence-electron chi connectivity index (χ0n) is 10.5. The molecule has 0 amide bonds. The molecule has 0 aromatic heterocycles. The van der Waals surface area contributed by atoms with Gasteiger partial charge < -0.3 is 4.74 Å². The van der Waals surface area contributed by atoms with Crippen molar-refractivity contribution in [2.45, 2.75) is 0 Å². The van der Waals surface area contributed by atoms with Crippen LogP contribution in [0.15, 0.2) is 46.0 Å². The van der Waals surface area contributed by atoms with E-state index in [1.807, 2.05) is 18.2 Å². The fraction of sp³-hybridized carbons (Fsp3) is 0.0714. The van der Waals surface area contributed by atoms with Gasteiger partial charge in [-0.2, -0.15) is 5.10 Å². The number of nitrogens with zero attached hydrogens (tertiary/aromatic N) is 1. The molecule has 0 radical (unpaired) electrons. The predicted molar refractivity (Wildman–Crippen MR) is 88.4 cm³/mol. The van der Waals surface area contributed by atoms with Crippen LogP contribution < -0.4 is 10.2 Å². The number of methoxy groups -OCH3 is 1. The van der Waals surface area contributed by atoms with Crippen molar-refractivity contribution >= 4 is 51.0 Å². The Kier molecular flexibility index (Phi) is 5.29. The lowest BCUT2D eigenvalue weighted by molar-refractivity contribution is 0.414. The molecule has 20 heavy (non-hydrogen) atoms. The third-order valence-electron chi connectivity index (χ3n) is 2.51. The Morgan fingerprint density at radius 1 is 1.15 bits per heavy atom. The Bertz CT molecular complexity index is 647. The summed E-state index contributed by atoms with van der Waals surface area (Å²) in [5.74, 6) is 0.743. The van der Waals surface area contributed by atoms with Gasteiger partial charge in [-0.1, -0.05) is 39.1 Å². The Balaban J connectivity index is 2.13. The van der Waals surface area contributed by atoms with Gasteiger partial charge in [0.2, 0.25) is 0 Å². The Morgan fingerprint density at radius 2 is 1.95 bits per heavy atom. The summed E-state index contributed by atoms with van der Waals surface area (Å²) in [6.07, 6.45) is 1.67. The first-order valence-corrected chi connectivity index (χ1v) is 7.22. The fourth-order valence-corrected chi connectivity index (χ4v) is 2.23. The molecule has 2 aromatic rings. The summed E-state index contributed by atoms with van der Waals surface area (Å²) in [7, 11) is 1.62. The van der Waals surface area contributed by atoms with Gasteiger partial charge in [0.05, 0.1) is 29.1 Å². The van der Waals surface area contributed by atoms with Gasteiger partial charge in [-0.05, 0) is 36.4 Å². The highest BCUT2D eigenvalue weighted by molar-refractivity contribution is 9.10. The Morgan fingerprint density at radius 3 is 2.65 bits per heavy atom. The maximum atomic E-state index is 5.93. The number of benzene rings is 2. The third kappa shape index (κ3) is 3.88. The Hall–Kier alpha value is -1.23. The molecule has 0 heterocycles. The van der Waals surface area contributed by atoms with Crippen molar-refractivity contribution in [2.24, 2.45) is 5.10 Å². The van der Waals surface area contributed by atoms with Crippen molar-refractivity contribution in [3.05, 3.63) is 56.5 Å². The highest BCUT2D eigenvalue weighted by atomic mass is 79.9. The standard InChI is InChI=1S/C14H11BrCl2N2O/c1-20-14-5-2-10(15)6-9(14)8-18-19-11-3-4-12(16)13(17)7-11/h2-8,19H,1H3. The number of halogens is 3. The average Bonchev–Trinajstić information content (AvgIpc) is 2.43. The number of hydrazone groups is 1. The maximum Gasteiger partial charge on any atom is 0.127 e. The van der Waals surface area contributed by atoms with Crippen molar-refractivity contribution in [3.63, 3.8) is 0 Å². The van der Waals surface area contributed by atoms with Gasteiger partial charge in [-0.15, -0.1) is 0 Å². The van der Waals surface area contributed by atoms with Crippen molar-refractivity contribution in [1.82, 2.24) is 0 Å². The van der Waals surface area contributed by atoms with E-state index in [2.05, 4.69) is 26.5 Å². The number of hydrogen-bond acceptors (Lipinski definition) is 3. The molecule has 2 rings (SSSR count). The minimum atomic E-state index is 0.479. The molecule has 0 bridgehead atoms. The zero-order chi connectivity index (χ0) is 14.5. The molecule has 0 saturated heterocycles. The normalized spacial score (nSPS) is 10.8. The van der Waals surface area contributed by atoms with Gasteiger partial charge >= 0.3 is 0 Å². The van der Waals surface area contributed by atoms with E-state index < -0.39 is 0 Å². The first-order chi connectivity index (χ1) is 9.60. The van der Waals surface area contributed by atoms with Gasteiger partial charge in [-0.3, -0.25) is 5.43 Å². The lowest BCUT2D eigenvalue weighted by Gasteiger charge is -2.05. The van der Waals surface area contributed by atoms with Gasteiger partial charge in [0.15, 0.2) is 0 Å². The second kappa shape index (κ2) is 6.97. The third-order valence-corrected chi connectivity index (χ3v) is 3.74. The second-order valence-corrected chi connectivity index (χ2v) is 5.62. The van der Waals surface area contributed by atoms with Crippen LogP contribution in [-0.4, -0.2) is 13.3 Å². The summed E-state index contributed by atoms with van der Waals surface area (Å²) < 4.78 is 6.21. The summed E-state index contributed by atoms with van der Waals surface area (Å²) >= 11 is 15.2. The molecular formula is C14H11BrCl2N2O. The quantitative estimate of drug-likeness (QED) is 0.589. The van der Waals surface area contributed by atoms with Gasteiger partial charge in [0, 0.05) is 10.0 Å². The first kappa shape index (κ1) is 15.2. The highest BCUT2D eigenvalue weighted by Crippen LogP contribution is 2.25. The van der Waals surface area contributed by atoms with Crippen LogP contribution in [0.4, 0.5) is 5.69 Å². The molecule has 0 aliphatic heterocycles. The molecule has 6 heteroatoms. The minimum absolute atomic E-state index is 0.479. The highest BCUT2D eigenvalue weighted by Gasteiger charge is 2.01. The van der Waals surface area contributed by atoms with Gasteiger partial charge in [0.25, 0.3) is 0 Å². The van der Waals surface area contributed by atoms with Gasteiger partial charge in [0.1, 0.15) is 5.75 Å². The smallest absolute Gasteiger partial charge is 0.127 e. The van der Waals surface area contributed by atoms with E-state index in [1.165, 1.54) is 0 Å². The monoisotopic (exact) mass is 372 g/mol. The largest absolute Gasteiger partial charge is 0.496 e. The fourth-order valence-electron chi connectivity index (χ4n) is 1.55. The number of ether oxygens (including phenoxy) is 1. The van der Waals surface area contributed by atoms with Crippen molar-refractivity contribution in [3.8, 4) is 5.75 Å². The molecule has 1 N–H and O–H groups in total. The lowest BCUT2D eigenvalue weighted by atomic mass is 10.2. The molecule has 0 spiro atoms. The predicted octanol–water partition coefficient (Wildman–Crippen LogP) is 5.21. The SMILES string of the molecule is COc1ccc(Br)cc1C=NNc1ccc(Cl)c(Cl)c1. The molecule has 0 atom stereocenters. The van der Waals surface area contributed by atoms with E-state index in [-0.39, 0.29) is 0 Å². The zero-order valence-corrected chi connectivity index (χ0v) is 13.6. The Labute approximate surface area is 135 Å². The lowest BCUT2D eigenvalue weighted by Crippen LogP contribution is -1.94. The molecule has 0 aliphatic carbocycles. The van der Waals surface area contributed by atoms with E-state index in [4.69, 9.17) is 27.9 Å². The van der Waals surface area contributed by atoms with Crippen LogP contribution in [0, 0.1) is 0 Å². The van der Waals surface area contributed by atoms with Crippen LogP contribution in [0.5, 0.6) is 5.75 Å². The molecule has 0 fully saturated rings. The van der Waals surface area contributed by atoms with E-state index in [0.717, 1.165) is 21.5 Å². The summed E-state index contributed by atoms with van der Waals surface area (Å²) in [6, 6.07) is 10.9. The molecule has 0 unspecified atom stereocenters. The van der Waals surface area contributed by atoms with Crippen LogP contribution in [0.2, 0.25) is 10.0 Å². The summed E-state index contributed by atoms with van der Waals surface area (Å²) in [5, 5.41) is 5.14. The van der Waals surface area contributed by atoms with E-state index in [1.54, 1.807) is 31.5 Å². The van der Waals surface area contributed by atoms with E-state index in [9.17, 15) is 0 Å². The van der Waals surface area contributed by atoms with Crippen molar-refractivity contribution < 1.29 is 4.74 Å². The molecule has 2 aromatic carbocycles. The average molecular weight is 374 g/mol. The number of anilines is 1. The molecule has 104 valence electrons. The number of hydrogen-bond donors (Lipinski definition) is 1. The minimum Gasteiger partial charge on any atom is -0.496 e. The maximum absolute atomic E-state index is 5.93. The molecular weight excluding hydrogens is 363 g/mol. The van der Waals surface area contributed by atoms with Crippen molar-refractivity contribution in [1.29, 1.82) is 0 Å².